The van der Waals surface area contributed by atoms with Gasteiger partial charge in [-0.15, -0.1) is 5.10 Å². The van der Waals surface area contributed by atoms with Crippen LogP contribution in [0.15, 0.2) is 28.7 Å². The number of hydrogen-bond acceptors (Lipinski definition) is 4. The van der Waals surface area contributed by atoms with Gasteiger partial charge in [-0.05, 0) is 50.3 Å². The van der Waals surface area contributed by atoms with E-state index in [0.29, 0.717) is 22.4 Å². The van der Waals surface area contributed by atoms with Gasteiger partial charge in [-0.2, -0.15) is 0 Å². The normalized spacial score (nSPS) is 16.4. The minimum absolute atomic E-state index is 0.394. The Morgan fingerprint density at radius 1 is 1.20 bits per heavy atom. The molecule has 3 rings (SSSR count). The van der Waals surface area contributed by atoms with Crippen LogP contribution >= 0.6 is 23.8 Å². The molecule has 1 aliphatic rings. The third kappa shape index (κ3) is 2.95. The Morgan fingerprint density at radius 2 is 1.95 bits per heavy atom. The van der Waals surface area contributed by atoms with Crippen LogP contribution in [-0.2, 0) is 6.67 Å². The van der Waals surface area contributed by atoms with Gasteiger partial charge in [0.15, 0.2) is 0 Å². The lowest BCUT2D eigenvalue weighted by Crippen LogP contribution is -2.32. The summed E-state index contributed by atoms with van der Waals surface area (Å²) >= 11 is 11.4. The van der Waals surface area contributed by atoms with E-state index in [0.717, 1.165) is 18.7 Å². The van der Waals surface area contributed by atoms with Gasteiger partial charge >= 0.3 is 0 Å². The summed E-state index contributed by atoms with van der Waals surface area (Å²) in [7, 11) is 0. The van der Waals surface area contributed by atoms with Crippen LogP contribution in [0, 0.1) is 4.84 Å². The molecule has 1 saturated heterocycles. The second-order valence-corrected chi connectivity index (χ2v) is 5.73. The van der Waals surface area contributed by atoms with Crippen molar-refractivity contribution in [3.05, 3.63) is 34.1 Å². The lowest BCUT2D eigenvalue weighted by molar-refractivity contribution is 0.170. The molecule has 0 saturated carbocycles. The predicted molar refractivity (Wildman–Crippen MR) is 81.2 cm³/mol. The van der Waals surface area contributed by atoms with Crippen molar-refractivity contribution in [1.82, 2.24) is 14.7 Å². The van der Waals surface area contributed by atoms with Gasteiger partial charge in [-0.3, -0.25) is 4.90 Å². The number of halogens is 1. The first-order chi connectivity index (χ1) is 9.74. The number of likely N-dealkylation sites (tertiary alicyclic amines) is 1. The molecule has 0 N–H and O–H groups in total. The summed E-state index contributed by atoms with van der Waals surface area (Å²) in [6.07, 6.45) is 3.79. The maximum absolute atomic E-state index is 6.16. The van der Waals surface area contributed by atoms with Gasteiger partial charge < -0.3 is 4.42 Å². The average molecular weight is 310 g/mol. The van der Waals surface area contributed by atoms with Crippen molar-refractivity contribution in [1.29, 1.82) is 0 Å². The Morgan fingerprint density at radius 3 is 2.70 bits per heavy atom. The summed E-state index contributed by atoms with van der Waals surface area (Å²) < 4.78 is 7.31. The molecule has 2 aromatic rings. The lowest BCUT2D eigenvalue weighted by atomic mass is 10.1. The van der Waals surface area contributed by atoms with Gasteiger partial charge in [0.2, 0.25) is 5.89 Å². The van der Waals surface area contributed by atoms with Crippen LogP contribution in [0.25, 0.3) is 11.5 Å². The van der Waals surface area contributed by atoms with E-state index in [-0.39, 0.29) is 0 Å². The zero-order chi connectivity index (χ0) is 13.9. The summed E-state index contributed by atoms with van der Waals surface area (Å²) in [5.74, 6) is 0.484. The highest BCUT2D eigenvalue weighted by atomic mass is 35.5. The summed E-state index contributed by atoms with van der Waals surface area (Å²) in [5.41, 5.74) is 0.776. The fourth-order valence-electron chi connectivity index (χ4n) is 2.43. The maximum Gasteiger partial charge on any atom is 0.288 e. The molecule has 4 nitrogen and oxygen atoms in total. The van der Waals surface area contributed by atoms with Crippen LogP contribution in [0.3, 0.4) is 0 Å². The molecule has 0 unspecified atom stereocenters. The van der Waals surface area contributed by atoms with E-state index < -0.39 is 0 Å². The zero-order valence-electron chi connectivity index (χ0n) is 11.1. The van der Waals surface area contributed by atoms with Gasteiger partial charge in [0.05, 0.1) is 17.3 Å². The first-order valence-electron chi connectivity index (χ1n) is 6.79. The Kier molecular flexibility index (Phi) is 4.19. The summed E-state index contributed by atoms with van der Waals surface area (Å²) in [4.78, 5) is 2.74. The summed E-state index contributed by atoms with van der Waals surface area (Å²) in [6.45, 7) is 2.87. The molecule has 2 heterocycles. The Bertz CT molecular complexity index is 646. The molecule has 0 bridgehead atoms. The van der Waals surface area contributed by atoms with Gasteiger partial charge in [0, 0.05) is 0 Å². The standard InChI is InChI=1S/C14H16ClN3OS/c15-12-7-3-2-6-11(12)13-16-18(14(20)19-13)10-17-8-4-1-5-9-17/h2-3,6-7H,1,4-5,8-10H2. The molecule has 6 heteroatoms. The number of aromatic nitrogens is 2. The van der Waals surface area contributed by atoms with Crippen LogP contribution in [0.5, 0.6) is 0 Å². The smallest absolute Gasteiger partial charge is 0.288 e. The molecular formula is C14H16ClN3OS. The van der Waals surface area contributed by atoms with Gasteiger partial charge in [-0.25, -0.2) is 4.68 Å². The van der Waals surface area contributed by atoms with E-state index >= 15 is 0 Å². The maximum atomic E-state index is 6.16. The third-order valence-corrected chi connectivity index (χ3v) is 4.12. The van der Waals surface area contributed by atoms with E-state index in [1.807, 2.05) is 24.3 Å². The first-order valence-corrected chi connectivity index (χ1v) is 7.58. The highest BCUT2D eigenvalue weighted by Gasteiger charge is 2.15. The van der Waals surface area contributed by atoms with Crippen LogP contribution in [0.2, 0.25) is 5.02 Å². The van der Waals surface area contributed by atoms with E-state index in [1.54, 1.807) is 4.68 Å². The minimum Gasteiger partial charge on any atom is -0.409 e. The van der Waals surface area contributed by atoms with E-state index in [1.165, 1.54) is 19.3 Å². The molecule has 0 aliphatic carbocycles. The van der Waals surface area contributed by atoms with Crippen molar-refractivity contribution in [3.8, 4) is 11.5 Å². The fourth-order valence-corrected chi connectivity index (χ4v) is 2.82. The number of rotatable bonds is 3. The molecule has 1 aromatic carbocycles. The van der Waals surface area contributed by atoms with Gasteiger partial charge in [0.25, 0.3) is 4.84 Å². The second-order valence-electron chi connectivity index (χ2n) is 4.97. The molecule has 20 heavy (non-hydrogen) atoms. The monoisotopic (exact) mass is 309 g/mol. The largest absolute Gasteiger partial charge is 0.409 e. The fraction of sp³-hybridized carbons (Fsp3) is 0.429. The van der Waals surface area contributed by atoms with Crippen LogP contribution in [0.1, 0.15) is 19.3 Å². The Hall–Kier alpha value is -1.17. The van der Waals surface area contributed by atoms with E-state index in [4.69, 9.17) is 28.2 Å². The first kappa shape index (κ1) is 13.8. The van der Waals surface area contributed by atoms with Crippen molar-refractivity contribution in [2.75, 3.05) is 13.1 Å². The Balaban J connectivity index is 1.84. The zero-order valence-corrected chi connectivity index (χ0v) is 12.7. The third-order valence-electron chi connectivity index (χ3n) is 3.49. The van der Waals surface area contributed by atoms with Gasteiger partial charge in [-0.1, -0.05) is 30.2 Å². The highest BCUT2D eigenvalue weighted by Crippen LogP contribution is 2.26. The molecule has 0 spiro atoms. The van der Waals surface area contributed by atoms with Crippen molar-refractivity contribution in [3.63, 3.8) is 0 Å². The number of nitrogens with zero attached hydrogens (tertiary/aromatic N) is 3. The second kappa shape index (κ2) is 6.08. The van der Waals surface area contributed by atoms with Gasteiger partial charge in [0.1, 0.15) is 0 Å². The summed E-state index contributed by atoms with van der Waals surface area (Å²) in [5, 5.41) is 5.07. The SMILES string of the molecule is S=c1oc(-c2ccccc2Cl)nn1CN1CCCCC1. The van der Waals surface area contributed by atoms with Crippen molar-refractivity contribution in [2.24, 2.45) is 0 Å². The molecular weight excluding hydrogens is 294 g/mol. The minimum atomic E-state index is 0.394. The topological polar surface area (TPSA) is 34.2 Å². The number of piperidine rings is 1. The molecule has 1 aliphatic heterocycles. The quantitative estimate of drug-likeness (QED) is 0.803. The average Bonchev–Trinajstić information content (AvgIpc) is 2.81. The predicted octanol–water partition coefficient (Wildman–Crippen LogP) is 3.97. The molecule has 106 valence electrons. The van der Waals surface area contributed by atoms with E-state index in [2.05, 4.69) is 10.00 Å². The van der Waals surface area contributed by atoms with Crippen LogP contribution in [0.4, 0.5) is 0 Å². The van der Waals surface area contributed by atoms with Crippen LogP contribution < -0.4 is 0 Å². The molecule has 0 amide bonds. The molecule has 0 atom stereocenters. The van der Waals surface area contributed by atoms with Crippen molar-refractivity contribution >= 4 is 23.8 Å². The Labute approximate surface area is 128 Å². The summed E-state index contributed by atoms with van der Waals surface area (Å²) in [6, 6.07) is 7.49. The lowest BCUT2D eigenvalue weighted by Gasteiger charge is -2.25. The highest BCUT2D eigenvalue weighted by molar-refractivity contribution is 7.71. The van der Waals surface area contributed by atoms with E-state index in [9.17, 15) is 0 Å². The molecule has 0 radical (unpaired) electrons. The number of benzene rings is 1. The molecule has 1 fully saturated rings. The van der Waals surface area contributed by atoms with Crippen molar-refractivity contribution in [2.45, 2.75) is 25.9 Å². The number of hydrogen-bond donors (Lipinski definition) is 0. The molecule has 1 aromatic heterocycles. The van der Waals surface area contributed by atoms with Crippen molar-refractivity contribution < 1.29 is 4.42 Å². The van der Waals surface area contributed by atoms with Crippen LogP contribution in [-0.4, -0.2) is 27.8 Å².